The number of rotatable bonds is 0. The summed E-state index contributed by atoms with van der Waals surface area (Å²) in [6.45, 7) is 0. The van der Waals surface area contributed by atoms with Gasteiger partial charge in [-0.25, -0.2) is 0 Å². The predicted octanol–water partition coefficient (Wildman–Crippen LogP) is 2.30. The van der Waals surface area contributed by atoms with Gasteiger partial charge in [0.15, 0.2) is 0 Å². The van der Waals surface area contributed by atoms with Crippen LogP contribution in [0.1, 0.15) is 38.3 Å². The number of hydrogen-bond donors (Lipinski definition) is 2. The van der Waals surface area contributed by atoms with E-state index >= 15 is 0 Å². The summed E-state index contributed by atoms with van der Waals surface area (Å²) in [5.41, 5.74) is 4.37. The van der Waals surface area contributed by atoms with Crippen LogP contribution in [-0.2, 0) is 12.8 Å². The molecule has 2 N–H and O–H groups in total. The number of amides is 2. The van der Waals surface area contributed by atoms with Crippen LogP contribution in [0.2, 0.25) is 0 Å². The van der Waals surface area contributed by atoms with Crippen LogP contribution in [0.15, 0.2) is 10.7 Å². The molecule has 0 unspecified atom stereocenters. The van der Waals surface area contributed by atoms with Gasteiger partial charge in [-0.05, 0) is 46.3 Å². The van der Waals surface area contributed by atoms with Crippen molar-refractivity contribution in [2.45, 2.75) is 19.3 Å². The zero-order valence-corrected chi connectivity index (χ0v) is 11.0. The van der Waals surface area contributed by atoms with Crippen LogP contribution in [-0.4, -0.2) is 16.8 Å². The number of H-pyrrole nitrogens is 1. The molecule has 0 spiro atoms. The maximum atomic E-state index is 12.0. The highest BCUT2D eigenvalue weighted by Gasteiger charge is 2.36. The standard InChI is InChI=1S/C13H9BrN2O2/c14-7-4-15-11-6-3-1-2-5(6)8-10(9(7)11)13(18)16-12(8)17/h4,15H,1-3H2,(H,16,17,18). The number of benzene rings is 1. The molecule has 0 atom stereocenters. The fourth-order valence-corrected chi connectivity index (χ4v) is 3.67. The number of nitrogens with one attached hydrogen (secondary N) is 2. The molecule has 2 aliphatic rings. The summed E-state index contributed by atoms with van der Waals surface area (Å²) in [5, 5.41) is 3.25. The molecule has 0 fully saturated rings. The Balaban J connectivity index is 2.28. The Kier molecular flexibility index (Phi) is 1.85. The summed E-state index contributed by atoms with van der Waals surface area (Å²) in [4.78, 5) is 27.1. The van der Waals surface area contributed by atoms with Gasteiger partial charge in [0.2, 0.25) is 0 Å². The number of aryl methyl sites for hydroxylation is 1. The van der Waals surface area contributed by atoms with E-state index < -0.39 is 0 Å². The molecule has 1 aromatic carbocycles. The van der Waals surface area contributed by atoms with Gasteiger partial charge in [0.1, 0.15) is 0 Å². The van der Waals surface area contributed by atoms with Crippen molar-refractivity contribution in [1.29, 1.82) is 0 Å². The van der Waals surface area contributed by atoms with Crippen molar-refractivity contribution in [3.63, 3.8) is 0 Å². The minimum Gasteiger partial charge on any atom is -0.360 e. The molecule has 0 saturated heterocycles. The summed E-state index contributed by atoms with van der Waals surface area (Å²) in [5.74, 6) is -0.529. The Morgan fingerprint density at radius 2 is 1.78 bits per heavy atom. The van der Waals surface area contributed by atoms with Crippen molar-refractivity contribution in [2.24, 2.45) is 0 Å². The van der Waals surface area contributed by atoms with Crippen molar-refractivity contribution >= 4 is 38.6 Å². The van der Waals surface area contributed by atoms with Crippen molar-refractivity contribution in [2.75, 3.05) is 0 Å². The van der Waals surface area contributed by atoms with Crippen LogP contribution < -0.4 is 5.32 Å². The van der Waals surface area contributed by atoms with E-state index in [4.69, 9.17) is 0 Å². The average molecular weight is 305 g/mol. The number of carbonyl (C=O) groups is 2. The first-order valence-corrected chi connectivity index (χ1v) is 6.67. The number of fused-ring (bicyclic) bond motifs is 6. The number of imide groups is 1. The Hall–Kier alpha value is -1.62. The lowest BCUT2D eigenvalue weighted by Gasteiger charge is -2.07. The van der Waals surface area contributed by atoms with Gasteiger partial charge in [-0.1, -0.05) is 0 Å². The third-order valence-electron chi connectivity index (χ3n) is 3.83. The topological polar surface area (TPSA) is 62.0 Å². The second-order valence-corrected chi connectivity index (χ2v) is 5.58. The fourth-order valence-electron chi connectivity index (χ4n) is 3.16. The van der Waals surface area contributed by atoms with Gasteiger partial charge in [0, 0.05) is 16.1 Å². The molecular formula is C13H9BrN2O2. The van der Waals surface area contributed by atoms with E-state index in [9.17, 15) is 9.59 Å². The van der Waals surface area contributed by atoms with E-state index in [1.54, 1.807) is 0 Å². The van der Waals surface area contributed by atoms with Crippen LogP contribution in [0.3, 0.4) is 0 Å². The molecule has 18 heavy (non-hydrogen) atoms. The zero-order chi connectivity index (χ0) is 12.4. The Bertz CT molecular complexity index is 745. The molecule has 2 aromatic rings. The van der Waals surface area contributed by atoms with E-state index in [1.165, 1.54) is 5.56 Å². The molecule has 0 radical (unpaired) electrons. The van der Waals surface area contributed by atoms with E-state index in [-0.39, 0.29) is 11.8 Å². The smallest absolute Gasteiger partial charge is 0.259 e. The largest absolute Gasteiger partial charge is 0.360 e. The first kappa shape index (κ1) is 10.3. The molecule has 4 nitrogen and oxygen atoms in total. The molecule has 0 saturated carbocycles. The van der Waals surface area contributed by atoms with E-state index in [0.29, 0.717) is 11.1 Å². The molecular weight excluding hydrogens is 296 g/mol. The fraction of sp³-hybridized carbons (Fsp3) is 0.231. The summed E-state index contributed by atoms with van der Waals surface area (Å²) in [6, 6.07) is 0. The maximum Gasteiger partial charge on any atom is 0.259 e. The van der Waals surface area contributed by atoms with Gasteiger partial charge >= 0.3 is 0 Å². The molecule has 2 amide bonds. The first-order valence-electron chi connectivity index (χ1n) is 5.88. The lowest BCUT2D eigenvalue weighted by molar-refractivity contribution is 0.0880. The molecule has 5 heteroatoms. The average Bonchev–Trinajstić information content (AvgIpc) is 2.98. The maximum absolute atomic E-state index is 12.0. The summed E-state index contributed by atoms with van der Waals surface area (Å²) < 4.78 is 0.841. The predicted molar refractivity (Wildman–Crippen MR) is 69.8 cm³/mol. The number of carbonyl (C=O) groups excluding carboxylic acids is 2. The van der Waals surface area contributed by atoms with E-state index in [0.717, 1.165) is 40.2 Å². The minimum absolute atomic E-state index is 0.247. The second-order valence-electron chi connectivity index (χ2n) is 4.73. The van der Waals surface area contributed by atoms with Gasteiger partial charge in [0.05, 0.1) is 16.6 Å². The molecule has 1 aliphatic heterocycles. The number of aromatic amines is 1. The van der Waals surface area contributed by atoms with Crippen molar-refractivity contribution < 1.29 is 9.59 Å². The molecule has 2 heterocycles. The highest BCUT2D eigenvalue weighted by atomic mass is 79.9. The van der Waals surface area contributed by atoms with Crippen LogP contribution in [0.5, 0.6) is 0 Å². The quantitative estimate of drug-likeness (QED) is 0.734. The van der Waals surface area contributed by atoms with Gasteiger partial charge in [-0.15, -0.1) is 0 Å². The van der Waals surface area contributed by atoms with Crippen LogP contribution in [0.4, 0.5) is 0 Å². The minimum atomic E-state index is -0.282. The molecule has 1 aromatic heterocycles. The van der Waals surface area contributed by atoms with Gasteiger partial charge in [0.25, 0.3) is 11.8 Å². The highest BCUT2D eigenvalue weighted by molar-refractivity contribution is 9.10. The van der Waals surface area contributed by atoms with Crippen LogP contribution >= 0.6 is 15.9 Å². The van der Waals surface area contributed by atoms with Crippen molar-refractivity contribution in [3.8, 4) is 0 Å². The Morgan fingerprint density at radius 3 is 2.61 bits per heavy atom. The zero-order valence-electron chi connectivity index (χ0n) is 9.39. The SMILES string of the molecule is O=C1NC(=O)c2c1c1c(c3[nH]cc(Br)c23)CCC1. The van der Waals surface area contributed by atoms with Crippen LogP contribution in [0.25, 0.3) is 10.9 Å². The summed E-state index contributed by atoms with van der Waals surface area (Å²) in [7, 11) is 0. The number of halogens is 1. The Labute approximate surface area is 111 Å². The number of hydrogen-bond acceptors (Lipinski definition) is 2. The lowest BCUT2D eigenvalue weighted by Crippen LogP contribution is -2.20. The van der Waals surface area contributed by atoms with Gasteiger partial charge in [-0.3, -0.25) is 14.9 Å². The molecule has 4 rings (SSSR count). The highest BCUT2D eigenvalue weighted by Crippen LogP contribution is 2.40. The molecule has 0 bridgehead atoms. The molecule has 1 aliphatic carbocycles. The molecule has 90 valence electrons. The lowest BCUT2D eigenvalue weighted by atomic mass is 9.95. The third-order valence-corrected chi connectivity index (χ3v) is 4.46. The Morgan fingerprint density at radius 1 is 1.06 bits per heavy atom. The first-order chi connectivity index (χ1) is 8.68. The van der Waals surface area contributed by atoms with Crippen molar-refractivity contribution in [3.05, 3.63) is 32.9 Å². The van der Waals surface area contributed by atoms with Gasteiger partial charge < -0.3 is 4.98 Å². The second kappa shape index (κ2) is 3.23. The number of aromatic nitrogens is 1. The van der Waals surface area contributed by atoms with Crippen LogP contribution in [0, 0.1) is 0 Å². The van der Waals surface area contributed by atoms with Gasteiger partial charge in [-0.2, -0.15) is 0 Å². The monoisotopic (exact) mass is 304 g/mol. The summed E-state index contributed by atoms with van der Waals surface area (Å²) >= 11 is 3.45. The van der Waals surface area contributed by atoms with E-state index in [2.05, 4.69) is 26.2 Å². The summed E-state index contributed by atoms with van der Waals surface area (Å²) in [6.07, 6.45) is 4.72. The van der Waals surface area contributed by atoms with Crippen molar-refractivity contribution in [1.82, 2.24) is 10.3 Å². The third kappa shape index (κ3) is 1.06. The van der Waals surface area contributed by atoms with E-state index in [1.807, 2.05) is 6.20 Å². The normalized spacial score (nSPS) is 17.2.